The fourth-order valence-electron chi connectivity index (χ4n) is 5.23. The summed E-state index contributed by atoms with van der Waals surface area (Å²) in [6.07, 6.45) is -2.55. The zero-order valence-corrected chi connectivity index (χ0v) is 20.8. The molecule has 1 N–H and O–H groups in total. The van der Waals surface area contributed by atoms with Crippen LogP contribution in [0.15, 0.2) is 79.0 Å². The van der Waals surface area contributed by atoms with Crippen LogP contribution in [0.5, 0.6) is 0 Å². The number of benzene rings is 3. The molecule has 2 atom stereocenters. The maximum atomic E-state index is 14.0. The van der Waals surface area contributed by atoms with Crippen molar-refractivity contribution in [2.75, 3.05) is 25.6 Å². The predicted octanol–water partition coefficient (Wildman–Crippen LogP) is 5.76. The molecule has 2 heterocycles. The second kappa shape index (κ2) is 9.98. The van der Waals surface area contributed by atoms with Crippen molar-refractivity contribution in [3.05, 3.63) is 101 Å². The lowest BCUT2D eigenvalue weighted by Crippen LogP contribution is -2.47. The normalized spacial score (nSPS) is 17.5. The number of hydrogen-bond acceptors (Lipinski definition) is 3. The Morgan fingerprint density at radius 3 is 2.37 bits per heavy atom. The van der Waals surface area contributed by atoms with Gasteiger partial charge in [-0.25, -0.2) is 0 Å². The van der Waals surface area contributed by atoms with Gasteiger partial charge in [0.15, 0.2) is 0 Å². The minimum absolute atomic E-state index is 0.214. The number of aromatic nitrogens is 1. The molecule has 0 fully saturated rings. The summed E-state index contributed by atoms with van der Waals surface area (Å²) >= 11 is 0. The van der Waals surface area contributed by atoms with Crippen LogP contribution in [-0.2, 0) is 22.8 Å². The van der Waals surface area contributed by atoms with Crippen molar-refractivity contribution in [1.82, 2.24) is 9.47 Å². The van der Waals surface area contributed by atoms with Gasteiger partial charge < -0.3 is 19.5 Å². The Kier molecular flexibility index (Phi) is 6.71. The van der Waals surface area contributed by atoms with Gasteiger partial charge in [-0.15, -0.1) is 0 Å². The second-order valence-electron chi connectivity index (χ2n) is 9.28. The monoisotopic (exact) mass is 521 g/mol. The summed E-state index contributed by atoms with van der Waals surface area (Å²) in [4.78, 5) is 29.3. The molecule has 3 aromatic carbocycles. The van der Waals surface area contributed by atoms with Crippen LogP contribution in [0.4, 0.5) is 18.9 Å². The molecule has 1 aromatic heterocycles. The number of alkyl halides is 3. The highest BCUT2D eigenvalue weighted by Gasteiger charge is 2.45. The number of rotatable bonds is 6. The van der Waals surface area contributed by atoms with E-state index in [0.29, 0.717) is 11.1 Å². The van der Waals surface area contributed by atoms with E-state index in [-0.39, 0.29) is 24.7 Å². The van der Waals surface area contributed by atoms with Crippen LogP contribution >= 0.6 is 0 Å². The Morgan fingerprint density at radius 1 is 0.974 bits per heavy atom. The number of ether oxygens (including phenoxy) is 1. The van der Waals surface area contributed by atoms with Crippen molar-refractivity contribution in [1.29, 1.82) is 0 Å². The van der Waals surface area contributed by atoms with Crippen LogP contribution in [0.1, 0.15) is 39.0 Å². The minimum atomic E-state index is -4.48. The average molecular weight is 522 g/mol. The van der Waals surface area contributed by atoms with Crippen molar-refractivity contribution in [3.8, 4) is 0 Å². The first kappa shape index (κ1) is 25.5. The number of hydrogen-bond donors (Lipinski definition) is 1. The summed E-state index contributed by atoms with van der Waals surface area (Å²) in [5.41, 5.74) is 2.15. The average Bonchev–Trinajstić information content (AvgIpc) is 3.24. The SMILES string of the molecule is COCCN1C(=O)c2ccccc2[C@@H](C(=O)Nc2ccc(C(F)(F)F)cc2)[C@H]1c1cn(C)c2ccccc12. The number of halogens is 3. The fraction of sp³-hybridized carbons (Fsp3) is 0.241. The van der Waals surface area contributed by atoms with Gasteiger partial charge in [-0.05, 0) is 42.0 Å². The van der Waals surface area contributed by atoms with Crippen LogP contribution in [0.2, 0.25) is 0 Å². The van der Waals surface area contributed by atoms with Crippen LogP contribution in [-0.4, -0.2) is 41.5 Å². The lowest BCUT2D eigenvalue weighted by atomic mass is 9.79. The van der Waals surface area contributed by atoms with Gasteiger partial charge >= 0.3 is 6.18 Å². The summed E-state index contributed by atoms with van der Waals surface area (Å²) in [7, 11) is 3.45. The quantitative estimate of drug-likeness (QED) is 0.351. The summed E-state index contributed by atoms with van der Waals surface area (Å²) < 4.78 is 46.4. The van der Waals surface area contributed by atoms with E-state index in [9.17, 15) is 22.8 Å². The maximum Gasteiger partial charge on any atom is 0.416 e. The van der Waals surface area contributed by atoms with Gasteiger partial charge in [-0.2, -0.15) is 13.2 Å². The lowest BCUT2D eigenvalue weighted by molar-refractivity contribution is -0.137. The molecule has 0 spiro atoms. The Hall–Kier alpha value is -4.11. The van der Waals surface area contributed by atoms with E-state index in [2.05, 4.69) is 5.32 Å². The third-order valence-corrected chi connectivity index (χ3v) is 6.98. The minimum Gasteiger partial charge on any atom is -0.383 e. The number of amides is 2. The van der Waals surface area contributed by atoms with Gasteiger partial charge in [0, 0.05) is 54.6 Å². The van der Waals surface area contributed by atoms with Gasteiger partial charge in [0.2, 0.25) is 5.91 Å². The van der Waals surface area contributed by atoms with E-state index in [0.717, 1.165) is 28.6 Å². The highest BCUT2D eigenvalue weighted by atomic mass is 19.4. The first-order valence-corrected chi connectivity index (χ1v) is 12.1. The number of anilines is 1. The third kappa shape index (κ3) is 4.54. The van der Waals surface area contributed by atoms with E-state index in [1.54, 1.807) is 36.3 Å². The molecule has 4 aromatic rings. The van der Waals surface area contributed by atoms with Crippen LogP contribution in [0, 0.1) is 0 Å². The number of methoxy groups -OCH3 is 1. The Labute approximate surface area is 217 Å². The standard InChI is InChI=1S/C29H26F3N3O3/c1-34-17-23(20-7-5-6-10-24(20)34)26-25(27(36)33-19-13-11-18(12-14-19)29(30,31)32)21-8-3-4-9-22(21)28(37)35(26)15-16-38-2/h3-14,17,25-26H,15-16H2,1-2H3,(H,33,36)/t25-,26-/m1/s1. The molecular weight excluding hydrogens is 495 g/mol. The molecule has 1 aliphatic rings. The van der Waals surface area contributed by atoms with E-state index >= 15 is 0 Å². The van der Waals surface area contributed by atoms with Gasteiger partial charge in [-0.3, -0.25) is 9.59 Å². The van der Waals surface area contributed by atoms with Crippen LogP contribution in [0.25, 0.3) is 10.9 Å². The first-order valence-electron chi connectivity index (χ1n) is 12.1. The third-order valence-electron chi connectivity index (χ3n) is 6.98. The van der Waals surface area contributed by atoms with E-state index in [1.807, 2.05) is 42.1 Å². The maximum absolute atomic E-state index is 14.0. The Morgan fingerprint density at radius 2 is 1.66 bits per heavy atom. The van der Waals surface area contributed by atoms with Crippen molar-refractivity contribution < 1.29 is 27.5 Å². The fourth-order valence-corrected chi connectivity index (χ4v) is 5.23. The molecule has 5 rings (SSSR count). The van der Waals surface area contributed by atoms with Gasteiger partial charge in [0.05, 0.1) is 24.1 Å². The molecule has 0 saturated heterocycles. The number of carbonyl (C=O) groups is 2. The molecule has 2 amide bonds. The summed E-state index contributed by atoms with van der Waals surface area (Å²) in [5, 5.41) is 3.70. The van der Waals surface area contributed by atoms with E-state index < -0.39 is 29.6 Å². The molecule has 0 unspecified atom stereocenters. The second-order valence-corrected chi connectivity index (χ2v) is 9.28. The number of carbonyl (C=O) groups excluding carboxylic acids is 2. The molecule has 196 valence electrons. The predicted molar refractivity (Wildman–Crippen MR) is 138 cm³/mol. The molecule has 0 bridgehead atoms. The molecular formula is C29H26F3N3O3. The summed E-state index contributed by atoms with van der Waals surface area (Å²) in [6, 6.07) is 18.4. The van der Waals surface area contributed by atoms with Gasteiger partial charge in [0.1, 0.15) is 0 Å². The molecule has 9 heteroatoms. The highest BCUT2D eigenvalue weighted by molar-refractivity contribution is 6.05. The van der Waals surface area contributed by atoms with Crippen LogP contribution in [0.3, 0.4) is 0 Å². The van der Waals surface area contributed by atoms with Gasteiger partial charge in [-0.1, -0.05) is 36.4 Å². The highest BCUT2D eigenvalue weighted by Crippen LogP contribution is 2.45. The molecule has 1 aliphatic heterocycles. The van der Waals surface area contributed by atoms with Crippen molar-refractivity contribution in [2.24, 2.45) is 7.05 Å². The van der Waals surface area contributed by atoms with Crippen LogP contribution < -0.4 is 5.32 Å². The molecule has 0 saturated carbocycles. The molecule has 0 radical (unpaired) electrons. The van der Waals surface area contributed by atoms with Gasteiger partial charge in [0.25, 0.3) is 5.91 Å². The number of nitrogens with zero attached hydrogens (tertiary/aromatic N) is 2. The summed E-state index contributed by atoms with van der Waals surface area (Å²) in [5.74, 6) is -1.46. The Balaban J connectivity index is 1.63. The largest absolute Gasteiger partial charge is 0.416 e. The first-order chi connectivity index (χ1) is 18.2. The van der Waals surface area contributed by atoms with Crippen molar-refractivity contribution in [3.63, 3.8) is 0 Å². The zero-order valence-electron chi connectivity index (χ0n) is 20.8. The molecule has 6 nitrogen and oxygen atoms in total. The Bertz CT molecular complexity index is 1490. The number of aryl methyl sites for hydroxylation is 1. The lowest BCUT2D eigenvalue weighted by Gasteiger charge is -2.41. The van der Waals surface area contributed by atoms with Crippen molar-refractivity contribution >= 4 is 28.4 Å². The van der Waals surface area contributed by atoms with Crippen molar-refractivity contribution in [2.45, 2.75) is 18.1 Å². The summed E-state index contributed by atoms with van der Waals surface area (Å²) in [6.45, 7) is 0.518. The van der Waals surface area contributed by atoms with E-state index in [1.165, 1.54) is 12.1 Å². The number of fused-ring (bicyclic) bond motifs is 2. The number of para-hydroxylation sites is 1. The smallest absolute Gasteiger partial charge is 0.383 e. The molecule has 38 heavy (non-hydrogen) atoms. The van der Waals surface area contributed by atoms with E-state index in [4.69, 9.17) is 4.74 Å². The number of nitrogens with one attached hydrogen (secondary N) is 1. The zero-order chi connectivity index (χ0) is 27.0. The molecule has 0 aliphatic carbocycles. The topological polar surface area (TPSA) is 63.6 Å².